The first-order valence-corrected chi connectivity index (χ1v) is 5.51. The summed E-state index contributed by atoms with van der Waals surface area (Å²) in [4.78, 5) is 11.1. The monoisotopic (exact) mass is 220 g/mol. The van der Waals surface area contributed by atoms with E-state index in [0.717, 1.165) is 5.56 Å². The maximum Gasteiger partial charge on any atom is 0.222 e. The standard InChI is InChI=1S/C13H20N2O/c1-8-4-10(3)11(5-9(8)2)6-12(7-14)13(15)16/h4-5,12H,6-7,14H2,1-3H3,(H2,15,16). The Labute approximate surface area is 96.8 Å². The van der Waals surface area contributed by atoms with E-state index in [1.54, 1.807) is 0 Å². The van der Waals surface area contributed by atoms with Crippen molar-refractivity contribution in [1.82, 2.24) is 0 Å². The molecule has 0 fully saturated rings. The van der Waals surface area contributed by atoms with Crippen LogP contribution in [0.25, 0.3) is 0 Å². The fourth-order valence-electron chi connectivity index (χ4n) is 1.81. The Hall–Kier alpha value is -1.35. The van der Waals surface area contributed by atoms with Crippen LogP contribution in [-0.4, -0.2) is 12.5 Å². The van der Waals surface area contributed by atoms with Crippen LogP contribution in [0.5, 0.6) is 0 Å². The van der Waals surface area contributed by atoms with E-state index < -0.39 is 0 Å². The Morgan fingerprint density at radius 3 is 2.25 bits per heavy atom. The largest absolute Gasteiger partial charge is 0.369 e. The minimum Gasteiger partial charge on any atom is -0.369 e. The van der Waals surface area contributed by atoms with Crippen LogP contribution >= 0.6 is 0 Å². The Bertz CT molecular complexity index is 399. The lowest BCUT2D eigenvalue weighted by Gasteiger charge is -2.14. The summed E-state index contributed by atoms with van der Waals surface area (Å²) in [5, 5.41) is 0. The molecule has 0 bridgehead atoms. The summed E-state index contributed by atoms with van der Waals surface area (Å²) in [5.74, 6) is -0.582. The van der Waals surface area contributed by atoms with Gasteiger partial charge in [-0.15, -0.1) is 0 Å². The molecular weight excluding hydrogens is 200 g/mol. The first-order valence-electron chi connectivity index (χ1n) is 5.51. The molecule has 0 aliphatic carbocycles. The third kappa shape index (κ3) is 2.83. The number of primary amides is 1. The number of nitrogens with two attached hydrogens (primary N) is 2. The van der Waals surface area contributed by atoms with Crippen molar-refractivity contribution in [3.8, 4) is 0 Å². The van der Waals surface area contributed by atoms with Crippen molar-refractivity contribution in [1.29, 1.82) is 0 Å². The zero-order valence-electron chi connectivity index (χ0n) is 10.2. The summed E-state index contributed by atoms with van der Waals surface area (Å²) in [7, 11) is 0. The summed E-state index contributed by atoms with van der Waals surface area (Å²) in [6.45, 7) is 6.51. The highest BCUT2D eigenvalue weighted by molar-refractivity contribution is 5.77. The van der Waals surface area contributed by atoms with E-state index in [1.807, 2.05) is 0 Å². The van der Waals surface area contributed by atoms with E-state index in [1.165, 1.54) is 16.7 Å². The number of carbonyl (C=O) groups excluding carboxylic acids is 1. The average molecular weight is 220 g/mol. The molecule has 0 spiro atoms. The minimum atomic E-state index is -0.319. The molecule has 1 rings (SSSR count). The molecule has 0 heterocycles. The van der Waals surface area contributed by atoms with Crippen molar-refractivity contribution in [2.75, 3.05) is 6.54 Å². The first kappa shape index (κ1) is 12.7. The van der Waals surface area contributed by atoms with E-state index in [9.17, 15) is 4.79 Å². The van der Waals surface area contributed by atoms with Crippen molar-refractivity contribution in [2.24, 2.45) is 17.4 Å². The van der Waals surface area contributed by atoms with Crippen LogP contribution in [0.4, 0.5) is 0 Å². The Kier molecular flexibility index (Phi) is 4.07. The molecule has 0 aliphatic heterocycles. The van der Waals surface area contributed by atoms with Crippen LogP contribution in [0.15, 0.2) is 12.1 Å². The highest BCUT2D eigenvalue weighted by Gasteiger charge is 2.15. The fraction of sp³-hybridized carbons (Fsp3) is 0.462. The molecule has 3 nitrogen and oxygen atoms in total. The van der Waals surface area contributed by atoms with Crippen molar-refractivity contribution in [3.05, 3.63) is 34.4 Å². The molecule has 4 N–H and O–H groups in total. The quantitative estimate of drug-likeness (QED) is 0.801. The van der Waals surface area contributed by atoms with Gasteiger partial charge in [-0.05, 0) is 49.4 Å². The second-order valence-electron chi connectivity index (χ2n) is 4.40. The Morgan fingerprint density at radius 1 is 1.19 bits per heavy atom. The summed E-state index contributed by atoms with van der Waals surface area (Å²) in [5.41, 5.74) is 15.7. The Morgan fingerprint density at radius 2 is 1.75 bits per heavy atom. The van der Waals surface area contributed by atoms with E-state index in [2.05, 4.69) is 32.9 Å². The Balaban J connectivity index is 2.96. The van der Waals surface area contributed by atoms with Gasteiger partial charge in [-0.25, -0.2) is 0 Å². The van der Waals surface area contributed by atoms with Gasteiger partial charge < -0.3 is 11.5 Å². The SMILES string of the molecule is Cc1cc(C)c(CC(CN)C(N)=O)cc1C. The number of carbonyl (C=O) groups is 1. The summed E-state index contributed by atoms with van der Waals surface area (Å²) in [6, 6.07) is 4.26. The zero-order chi connectivity index (χ0) is 12.3. The van der Waals surface area contributed by atoms with Gasteiger partial charge in [-0.2, -0.15) is 0 Å². The van der Waals surface area contributed by atoms with E-state index in [0.29, 0.717) is 13.0 Å². The lowest BCUT2D eigenvalue weighted by atomic mass is 9.92. The molecule has 1 aromatic rings. The molecule has 1 aromatic carbocycles. The van der Waals surface area contributed by atoms with Gasteiger partial charge in [-0.1, -0.05) is 12.1 Å². The maximum atomic E-state index is 11.1. The molecule has 88 valence electrons. The molecule has 1 unspecified atom stereocenters. The number of rotatable bonds is 4. The summed E-state index contributed by atoms with van der Waals surface area (Å²) < 4.78 is 0. The van der Waals surface area contributed by atoms with Gasteiger partial charge in [0, 0.05) is 6.54 Å². The van der Waals surface area contributed by atoms with Crippen molar-refractivity contribution < 1.29 is 4.79 Å². The smallest absolute Gasteiger partial charge is 0.222 e. The highest BCUT2D eigenvalue weighted by Crippen LogP contribution is 2.18. The minimum absolute atomic E-state index is 0.263. The fourth-order valence-corrected chi connectivity index (χ4v) is 1.81. The first-order chi connectivity index (χ1) is 7.45. The van der Waals surface area contributed by atoms with Gasteiger partial charge in [0.2, 0.25) is 5.91 Å². The van der Waals surface area contributed by atoms with Crippen LogP contribution in [0.3, 0.4) is 0 Å². The third-order valence-corrected chi connectivity index (χ3v) is 3.11. The number of hydrogen-bond acceptors (Lipinski definition) is 2. The van der Waals surface area contributed by atoms with E-state index >= 15 is 0 Å². The molecule has 0 radical (unpaired) electrons. The number of aryl methyl sites for hydroxylation is 3. The maximum absolute atomic E-state index is 11.1. The molecule has 1 amide bonds. The van der Waals surface area contributed by atoms with Gasteiger partial charge >= 0.3 is 0 Å². The van der Waals surface area contributed by atoms with E-state index in [4.69, 9.17) is 11.5 Å². The van der Waals surface area contributed by atoms with Crippen molar-refractivity contribution in [2.45, 2.75) is 27.2 Å². The topological polar surface area (TPSA) is 69.1 Å². The third-order valence-electron chi connectivity index (χ3n) is 3.11. The number of hydrogen-bond donors (Lipinski definition) is 2. The van der Waals surface area contributed by atoms with Gasteiger partial charge in [-0.3, -0.25) is 4.79 Å². The van der Waals surface area contributed by atoms with Crippen molar-refractivity contribution >= 4 is 5.91 Å². The lowest BCUT2D eigenvalue weighted by Crippen LogP contribution is -2.31. The summed E-state index contributed by atoms with van der Waals surface area (Å²) in [6.07, 6.45) is 0.638. The number of benzene rings is 1. The van der Waals surface area contributed by atoms with Crippen LogP contribution in [0.1, 0.15) is 22.3 Å². The predicted octanol–water partition coefficient (Wildman–Crippen LogP) is 1.21. The molecule has 0 saturated carbocycles. The zero-order valence-corrected chi connectivity index (χ0v) is 10.2. The van der Waals surface area contributed by atoms with Gasteiger partial charge in [0.1, 0.15) is 0 Å². The second-order valence-corrected chi connectivity index (χ2v) is 4.40. The highest BCUT2D eigenvalue weighted by atomic mass is 16.1. The molecule has 1 atom stereocenters. The molecular formula is C13H20N2O. The van der Waals surface area contributed by atoms with Gasteiger partial charge in [0.05, 0.1) is 5.92 Å². The van der Waals surface area contributed by atoms with Gasteiger partial charge in [0.25, 0.3) is 0 Å². The van der Waals surface area contributed by atoms with E-state index in [-0.39, 0.29) is 11.8 Å². The van der Waals surface area contributed by atoms with Crippen LogP contribution < -0.4 is 11.5 Å². The second kappa shape index (κ2) is 5.12. The van der Waals surface area contributed by atoms with Crippen LogP contribution in [-0.2, 0) is 11.2 Å². The summed E-state index contributed by atoms with van der Waals surface area (Å²) >= 11 is 0. The molecule has 0 saturated heterocycles. The normalized spacial score (nSPS) is 12.5. The molecule has 16 heavy (non-hydrogen) atoms. The van der Waals surface area contributed by atoms with Crippen LogP contribution in [0, 0.1) is 26.7 Å². The van der Waals surface area contributed by atoms with Gasteiger partial charge in [0.15, 0.2) is 0 Å². The van der Waals surface area contributed by atoms with Crippen LogP contribution in [0.2, 0.25) is 0 Å². The lowest BCUT2D eigenvalue weighted by molar-refractivity contribution is -0.121. The molecule has 0 aromatic heterocycles. The molecule has 3 heteroatoms. The predicted molar refractivity (Wildman–Crippen MR) is 66.1 cm³/mol. The number of amides is 1. The average Bonchev–Trinajstić information content (AvgIpc) is 2.21. The van der Waals surface area contributed by atoms with Crippen molar-refractivity contribution in [3.63, 3.8) is 0 Å². The molecule has 0 aliphatic rings.